The van der Waals surface area contributed by atoms with Crippen LogP contribution in [-0.2, 0) is 0 Å². The molecule has 0 radical (unpaired) electrons. The van der Waals surface area contributed by atoms with E-state index in [1.54, 1.807) is 37.3 Å². The van der Waals surface area contributed by atoms with Crippen molar-refractivity contribution in [3.63, 3.8) is 0 Å². The van der Waals surface area contributed by atoms with Crippen LogP contribution in [0.25, 0.3) is 0 Å². The van der Waals surface area contributed by atoms with Crippen LogP contribution >= 0.6 is 0 Å². The highest BCUT2D eigenvalue weighted by Gasteiger charge is 2.34. The van der Waals surface area contributed by atoms with E-state index in [2.05, 4.69) is 0 Å². The third kappa shape index (κ3) is 3.51. The summed E-state index contributed by atoms with van der Waals surface area (Å²) in [6.45, 7) is 1.26. The Morgan fingerprint density at radius 1 is 1.18 bits per heavy atom. The largest absolute Gasteiger partial charge is 0.265 e. The van der Waals surface area contributed by atoms with E-state index >= 15 is 0 Å². The van der Waals surface area contributed by atoms with Crippen LogP contribution in [0.3, 0.4) is 0 Å². The first-order chi connectivity index (χ1) is 8.06. The monoisotopic (exact) mass is 238 g/mol. The molecule has 2 atom stereocenters. The van der Waals surface area contributed by atoms with Gasteiger partial charge in [-0.3, -0.25) is 20.2 Å². The zero-order chi connectivity index (χ0) is 12.8. The van der Waals surface area contributed by atoms with Crippen LogP contribution in [0.15, 0.2) is 30.3 Å². The molecule has 0 saturated carbocycles. The second-order valence-electron chi connectivity index (χ2n) is 3.79. The highest BCUT2D eigenvalue weighted by Crippen LogP contribution is 2.23. The molecule has 6 nitrogen and oxygen atoms in total. The lowest BCUT2D eigenvalue weighted by molar-refractivity contribution is -0.547. The Kier molecular flexibility index (Phi) is 4.56. The van der Waals surface area contributed by atoms with Crippen molar-refractivity contribution in [3.8, 4) is 0 Å². The van der Waals surface area contributed by atoms with E-state index in [0.717, 1.165) is 0 Å². The Morgan fingerprint density at radius 2 is 1.76 bits per heavy atom. The fourth-order valence-corrected chi connectivity index (χ4v) is 1.89. The van der Waals surface area contributed by atoms with Gasteiger partial charge in [0.15, 0.2) is 0 Å². The predicted molar refractivity (Wildman–Crippen MR) is 62.1 cm³/mol. The summed E-state index contributed by atoms with van der Waals surface area (Å²) < 4.78 is 0. The molecule has 1 rings (SSSR count). The first-order valence-electron chi connectivity index (χ1n) is 5.36. The van der Waals surface area contributed by atoms with E-state index in [0.29, 0.717) is 5.56 Å². The molecule has 0 bridgehead atoms. The van der Waals surface area contributed by atoms with Crippen molar-refractivity contribution >= 4 is 0 Å². The van der Waals surface area contributed by atoms with Gasteiger partial charge in [-0.2, -0.15) is 0 Å². The van der Waals surface area contributed by atoms with E-state index in [4.69, 9.17) is 0 Å². The quantitative estimate of drug-likeness (QED) is 0.561. The molecule has 17 heavy (non-hydrogen) atoms. The molecule has 6 heteroatoms. The van der Waals surface area contributed by atoms with Crippen molar-refractivity contribution in [2.45, 2.75) is 25.3 Å². The summed E-state index contributed by atoms with van der Waals surface area (Å²) in [5, 5.41) is 21.5. The van der Waals surface area contributed by atoms with Crippen molar-refractivity contribution in [3.05, 3.63) is 56.1 Å². The minimum Gasteiger partial charge on any atom is -0.265 e. The zero-order valence-corrected chi connectivity index (χ0v) is 9.48. The van der Waals surface area contributed by atoms with Gasteiger partial charge in [0.05, 0.1) is 0 Å². The summed E-state index contributed by atoms with van der Waals surface area (Å²) in [5.74, 6) is -0.675. The molecule has 1 aromatic carbocycles. The molecule has 0 spiro atoms. The molecule has 0 heterocycles. The summed E-state index contributed by atoms with van der Waals surface area (Å²) in [6.07, 6.45) is 0.278. The number of hydrogen-bond donors (Lipinski definition) is 0. The Morgan fingerprint density at radius 3 is 2.18 bits per heavy atom. The highest BCUT2D eigenvalue weighted by atomic mass is 16.6. The van der Waals surface area contributed by atoms with Gasteiger partial charge in [-0.25, -0.2) is 0 Å². The van der Waals surface area contributed by atoms with Crippen LogP contribution in [-0.4, -0.2) is 22.4 Å². The normalized spacial score (nSPS) is 13.9. The Balaban J connectivity index is 3.02. The van der Waals surface area contributed by atoms with Gasteiger partial charge in [0.25, 0.3) is 0 Å². The Hall–Kier alpha value is -1.98. The maximum absolute atomic E-state index is 10.9. The molecule has 0 N–H and O–H groups in total. The Bertz CT molecular complexity index is 394. The number of hydrogen-bond acceptors (Lipinski definition) is 4. The van der Waals surface area contributed by atoms with Gasteiger partial charge in [0.2, 0.25) is 12.6 Å². The van der Waals surface area contributed by atoms with E-state index in [-0.39, 0.29) is 6.42 Å². The molecule has 0 amide bonds. The van der Waals surface area contributed by atoms with Gasteiger partial charge in [0, 0.05) is 16.3 Å². The second-order valence-corrected chi connectivity index (χ2v) is 3.79. The van der Waals surface area contributed by atoms with Crippen LogP contribution in [0.2, 0.25) is 0 Å². The summed E-state index contributed by atoms with van der Waals surface area (Å²) in [5.41, 5.74) is 0.646. The lowest BCUT2D eigenvalue weighted by Crippen LogP contribution is -2.31. The highest BCUT2D eigenvalue weighted by molar-refractivity contribution is 5.20. The van der Waals surface area contributed by atoms with Crippen molar-refractivity contribution in [2.24, 2.45) is 0 Å². The molecule has 0 aromatic heterocycles. The minimum absolute atomic E-state index is 0.278. The summed E-state index contributed by atoms with van der Waals surface area (Å²) in [7, 11) is 0. The molecule has 0 aliphatic heterocycles. The molecular weight excluding hydrogens is 224 g/mol. The molecule has 0 aliphatic rings. The van der Waals surface area contributed by atoms with Gasteiger partial charge in [-0.1, -0.05) is 37.3 Å². The van der Waals surface area contributed by atoms with E-state index in [1.165, 1.54) is 0 Å². The minimum atomic E-state index is -0.914. The fourth-order valence-electron chi connectivity index (χ4n) is 1.89. The van der Waals surface area contributed by atoms with Crippen LogP contribution in [0, 0.1) is 20.2 Å². The van der Waals surface area contributed by atoms with E-state index < -0.39 is 28.4 Å². The first kappa shape index (κ1) is 13.1. The molecule has 0 saturated heterocycles. The van der Waals surface area contributed by atoms with Crippen LogP contribution in [0.5, 0.6) is 0 Å². The average molecular weight is 238 g/mol. The topological polar surface area (TPSA) is 86.3 Å². The van der Waals surface area contributed by atoms with Gasteiger partial charge in [0.1, 0.15) is 5.92 Å². The first-order valence-corrected chi connectivity index (χ1v) is 5.36. The number of nitro groups is 2. The molecule has 0 aliphatic carbocycles. The van der Waals surface area contributed by atoms with Crippen molar-refractivity contribution < 1.29 is 9.85 Å². The lowest BCUT2D eigenvalue weighted by Gasteiger charge is -2.16. The fraction of sp³-hybridized carbons (Fsp3) is 0.455. The van der Waals surface area contributed by atoms with E-state index in [1.807, 2.05) is 0 Å². The third-order valence-electron chi connectivity index (χ3n) is 2.73. The Labute approximate surface area is 98.6 Å². The number of benzene rings is 1. The molecule has 0 unspecified atom stereocenters. The number of rotatable bonds is 6. The molecule has 0 fully saturated rings. The predicted octanol–water partition coefficient (Wildman–Crippen LogP) is 2.10. The van der Waals surface area contributed by atoms with Crippen molar-refractivity contribution in [1.82, 2.24) is 0 Å². The summed E-state index contributed by atoms with van der Waals surface area (Å²) >= 11 is 0. The SMILES string of the molecule is CC[C@H]([C@@H](C[N+](=O)[O-])c1ccccc1)[N+](=O)[O-]. The van der Waals surface area contributed by atoms with Gasteiger partial charge in [-0.05, 0) is 5.56 Å². The maximum atomic E-state index is 10.9. The van der Waals surface area contributed by atoms with Crippen molar-refractivity contribution in [2.75, 3.05) is 6.54 Å². The summed E-state index contributed by atoms with van der Waals surface area (Å²) in [4.78, 5) is 20.6. The van der Waals surface area contributed by atoms with Gasteiger partial charge >= 0.3 is 0 Å². The standard InChI is InChI=1S/C11H14N2O4/c1-2-11(13(16)17)10(8-12(14)15)9-6-4-3-5-7-9/h3-7,10-11H,2,8H2,1H3/t10-,11+/m0/s1. The summed E-state index contributed by atoms with van der Waals surface area (Å²) in [6, 6.07) is 7.72. The maximum Gasteiger partial charge on any atom is 0.226 e. The second kappa shape index (κ2) is 5.93. The van der Waals surface area contributed by atoms with Crippen LogP contribution in [0.1, 0.15) is 24.8 Å². The third-order valence-corrected chi connectivity index (χ3v) is 2.73. The van der Waals surface area contributed by atoms with Crippen LogP contribution in [0.4, 0.5) is 0 Å². The van der Waals surface area contributed by atoms with Gasteiger partial charge < -0.3 is 0 Å². The molecule has 1 aromatic rings. The molecular formula is C11H14N2O4. The van der Waals surface area contributed by atoms with Crippen molar-refractivity contribution in [1.29, 1.82) is 0 Å². The average Bonchev–Trinajstić information content (AvgIpc) is 2.29. The zero-order valence-electron chi connectivity index (χ0n) is 9.48. The number of nitrogens with zero attached hydrogens (tertiary/aromatic N) is 2. The lowest BCUT2D eigenvalue weighted by atomic mass is 9.90. The molecule has 92 valence electrons. The van der Waals surface area contributed by atoms with E-state index in [9.17, 15) is 20.2 Å². The van der Waals surface area contributed by atoms with Crippen LogP contribution < -0.4 is 0 Å². The van der Waals surface area contributed by atoms with Gasteiger partial charge in [-0.15, -0.1) is 0 Å². The smallest absolute Gasteiger partial charge is 0.226 e.